The average molecular weight is 301 g/mol. The van der Waals surface area contributed by atoms with E-state index in [1.165, 1.54) is 25.7 Å². The molecule has 0 amide bonds. The molecule has 0 radical (unpaired) electrons. The van der Waals surface area contributed by atoms with Crippen LogP contribution in [0.2, 0.25) is 0 Å². The number of thioether (sulfide) groups is 1. The summed E-state index contributed by atoms with van der Waals surface area (Å²) in [5.74, 6) is 0.967. The second kappa shape index (κ2) is 5.41. The van der Waals surface area contributed by atoms with Crippen LogP contribution in [0.25, 0.3) is 0 Å². The van der Waals surface area contributed by atoms with Crippen molar-refractivity contribution in [2.75, 3.05) is 18.1 Å². The van der Waals surface area contributed by atoms with E-state index in [0.717, 1.165) is 17.0 Å². The van der Waals surface area contributed by atoms with E-state index in [1.54, 1.807) is 0 Å². The maximum Gasteiger partial charge on any atom is 0.127 e. The normalized spacial score (nSPS) is 18.6. The summed E-state index contributed by atoms with van der Waals surface area (Å²) in [5.41, 5.74) is 0. The lowest BCUT2D eigenvalue weighted by molar-refractivity contribution is 0.638. The minimum atomic E-state index is 0.435. The molecule has 0 saturated heterocycles. The summed E-state index contributed by atoms with van der Waals surface area (Å²) in [4.78, 5) is 4.40. The Hall–Kier alpha value is -0.220. The molecule has 0 spiro atoms. The van der Waals surface area contributed by atoms with Gasteiger partial charge in [0.15, 0.2) is 0 Å². The monoisotopic (exact) mass is 300 g/mol. The largest absolute Gasteiger partial charge is 0.369 e. The van der Waals surface area contributed by atoms with Crippen LogP contribution in [0.4, 0.5) is 5.82 Å². The summed E-state index contributed by atoms with van der Waals surface area (Å²) in [7, 11) is 0. The van der Waals surface area contributed by atoms with Crippen LogP contribution < -0.4 is 5.32 Å². The van der Waals surface area contributed by atoms with E-state index in [1.807, 2.05) is 30.0 Å². The third-order valence-corrected chi connectivity index (χ3v) is 5.11. The Morgan fingerprint density at radius 2 is 2.19 bits per heavy atom. The Morgan fingerprint density at radius 1 is 1.44 bits per heavy atom. The summed E-state index contributed by atoms with van der Waals surface area (Å²) >= 11 is 5.39. The topological polar surface area (TPSA) is 24.9 Å². The number of hydrogen-bond acceptors (Lipinski definition) is 3. The molecule has 1 aliphatic rings. The molecule has 2 rings (SSSR count). The molecule has 1 saturated carbocycles. The fraction of sp³-hybridized carbons (Fsp3) is 0.583. The van der Waals surface area contributed by atoms with Gasteiger partial charge in [-0.25, -0.2) is 4.98 Å². The van der Waals surface area contributed by atoms with E-state index in [0.29, 0.717) is 4.75 Å². The van der Waals surface area contributed by atoms with Crippen molar-refractivity contribution >= 4 is 33.5 Å². The minimum Gasteiger partial charge on any atom is -0.369 e. The third kappa shape index (κ3) is 2.92. The van der Waals surface area contributed by atoms with Crippen LogP contribution in [0.3, 0.4) is 0 Å². The Kier molecular flexibility index (Phi) is 4.14. The first-order valence-corrected chi connectivity index (χ1v) is 7.67. The molecule has 0 aromatic carbocycles. The fourth-order valence-corrected chi connectivity index (χ4v) is 3.49. The third-order valence-electron chi connectivity index (χ3n) is 3.25. The second-order valence-corrected chi connectivity index (χ2v) is 6.38. The molecule has 0 unspecified atom stereocenters. The molecule has 16 heavy (non-hydrogen) atoms. The molecule has 0 bridgehead atoms. The van der Waals surface area contributed by atoms with Gasteiger partial charge in [-0.05, 0) is 47.2 Å². The summed E-state index contributed by atoms with van der Waals surface area (Å²) in [5, 5.41) is 3.46. The highest BCUT2D eigenvalue weighted by atomic mass is 79.9. The van der Waals surface area contributed by atoms with Crippen LogP contribution in [-0.2, 0) is 0 Å². The maximum atomic E-state index is 4.40. The predicted octanol–water partition coefficient (Wildman–Crippen LogP) is 3.93. The van der Waals surface area contributed by atoms with Gasteiger partial charge in [-0.1, -0.05) is 18.9 Å². The molecule has 1 N–H and O–H groups in total. The summed E-state index contributed by atoms with van der Waals surface area (Å²) in [6.07, 6.45) is 7.62. The molecule has 1 aromatic heterocycles. The van der Waals surface area contributed by atoms with Gasteiger partial charge in [0.2, 0.25) is 0 Å². The minimum absolute atomic E-state index is 0.435. The van der Waals surface area contributed by atoms with Crippen LogP contribution in [-0.4, -0.2) is 22.5 Å². The van der Waals surface area contributed by atoms with Gasteiger partial charge in [0, 0.05) is 11.3 Å². The zero-order valence-corrected chi connectivity index (χ0v) is 11.9. The van der Waals surface area contributed by atoms with Crippen molar-refractivity contribution < 1.29 is 0 Å². The van der Waals surface area contributed by atoms with Crippen LogP contribution >= 0.6 is 27.7 Å². The molecule has 88 valence electrons. The smallest absolute Gasteiger partial charge is 0.127 e. The van der Waals surface area contributed by atoms with E-state index in [4.69, 9.17) is 0 Å². The zero-order valence-electron chi connectivity index (χ0n) is 9.50. The Labute approximate surface area is 110 Å². The van der Waals surface area contributed by atoms with Gasteiger partial charge >= 0.3 is 0 Å². The standard InChI is InChI=1S/C12H17BrN2S/c1-16-12(7-2-3-8-12)9-14-11-6-4-5-10(13)15-11/h4-6H,2-3,7-9H2,1H3,(H,14,15). The van der Waals surface area contributed by atoms with E-state index in [2.05, 4.69) is 32.5 Å². The van der Waals surface area contributed by atoms with Gasteiger partial charge in [-0.3, -0.25) is 0 Å². The highest BCUT2D eigenvalue weighted by molar-refractivity contribution is 9.10. The molecule has 0 aliphatic heterocycles. The first-order valence-electron chi connectivity index (χ1n) is 5.66. The first kappa shape index (κ1) is 12.2. The van der Waals surface area contributed by atoms with Gasteiger partial charge in [0.25, 0.3) is 0 Å². The Morgan fingerprint density at radius 3 is 2.81 bits per heavy atom. The summed E-state index contributed by atoms with van der Waals surface area (Å²) in [6, 6.07) is 5.98. The molecule has 2 nitrogen and oxygen atoms in total. The molecule has 1 aliphatic carbocycles. The quantitative estimate of drug-likeness (QED) is 0.853. The SMILES string of the molecule is CSC1(CNc2cccc(Br)n2)CCCC1. The molecular weight excluding hydrogens is 284 g/mol. The zero-order chi connectivity index (χ0) is 11.4. The summed E-state index contributed by atoms with van der Waals surface area (Å²) in [6.45, 7) is 1.03. The van der Waals surface area contributed by atoms with E-state index in [9.17, 15) is 0 Å². The molecule has 0 atom stereocenters. The van der Waals surface area contributed by atoms with Crippen LogP contribution in [0, 0.1) is 0 Å². The number of rotatable bonds is 4. The molecular formula is C12H17BrN2S. The van der Waals surface area contributed by atoms with Crippen molar-refractivity contribution in [1.29, 1.82) is 0 Å². The van der Waals surface area contributed by atoms with Crippen molar-refractivity contribution in [3.05, 3.63) is 22.8 Å². The lowest BCUT2D eigenvalue weighted by Gasteiger charge is -2.27. The van der Waals surface area contributed by atoms with Crippen LogP contribution in [0.1, 0.15) is 25.7 Å². The lowest BCUT2D eigenvalue weighted by atomic mass is 10.1. The van der Waals surface area contributed by atoms with Gasteiger partial charge in [-0.2, -0.15) is 11.8 Å². The molecule has 1 heterocycles. The second-order valence-electron chi connectivity index (χ2n) is 4.29. The Balaban J connectivity index is 1.95. The van der Waals surface area contributed by atoms with Gasteiger partial charge < -0.3 is 5.32 Å². The predicted molar refractivity (Wildman–Crippen MR) is 75.1 cm³/mol. The Bertz CT molecular complexity index is 351. The van der Waals surface area contributed by atoms with E-state index >= 15 is 0 Å². The number of nitrogens with one attached hydrogen (secondary N) is 1. The van der Waals surface area contributed by atoms with E-state index in [-0.39, 0.29) is 0 Å². The molecule has 1 aromatic rings. The number of hydrogen-bond donors (Lipinski definition) is 1. The maximum absolute atomic E-state index is 4.40. The fourth-order valence-electron chi connectivity index (χ4n) is 2.23. The van der Waals surface area contributed by atoms with Crippen LogP contribution in [0.5, 0.6) is 0 Å². The highest BCUT2D eigenvalue weighted by Gasteiger charge is 2.32. The van der Waals surface area contributed by atoms with Crippen molar-refractivity contribution in [2.45, 2.75) is 30.4 Å². The molecule has 4 heteroatoms. The highest BCUT2D eigenvalue weighted by Crippen LogP contribution is 2.40. The number of aromatic nitrogens is 1. The number of nitrogens with zero attached hydrogens (tertiary/aromatic N) is 1. The van der Waals surface area contributed by atoms with E-state index < -0.39 is 0 Å². The summed E-state index contributed by atoms with van der Waals surface area (Å²) < 4.78 is 1.33. The van der Waals surface area contributed by atoms with Crippen molar-refractivity contribution in [2.24, 2.45) is 0 Å². The molecule has 1 fully saturated rings. The van der Waals surface area contributed by atoms with Crippen molar-refractivity contribution in [3.63, 3.8) is 0 Å². The average Bonchev–Trinajstić information content (AvgIpc) is 2.76. The van der Waals surface area contributed by atoms with Gasteiger partial charge in [0.05, 0.1) is 0 Å². The lowest BCUT2D eigenvalue weighted by Crippen LogP contribution is -2.30. The number of pyridine rings is 1. The van der Waals surface area contributed by atoms with Gasteiger partial charge in [-0.15, -0.1) is 0 Å². The van der Waals surface area contributed by atoms with Crippen molar-refractivity contribution in [1.82, 2.24) is 4.98 Å². The number of anilines is 1. The van der Waals surface area contributed by atoms with Crippen LogP contribution in [0.15, 0.2) is 22.8 Å². The van der Waals surface area contributed by atoms with Gasteiger partial charge in [0.1, 0.15) is 10.4 Å². The van der Waals surface area contributed by atoms with Crippen molar-refractivity contribution in [3.8, 4) is 0 Å². The first-order chi connectivity index (χ1) is 7.74. The number of halogens is 1.